The molecule has 0 atom stereocenters. The van der Waals surface area contributed by atoms with E-state index in [0.717, 1.165) is 11.1 Å². The number of nitrogens with zero attached hydrogens (tertiary/aromatic N) is 3. The number of nitro benzene ring substituents is 1. The van der Waals surface area contributed by atoms with Gasteiger partial charge in [-0.2, -0.15) is 0 Å². The maximum atomic E-state index is 12.6. The fraction of sp³-hybridized carbons (Fsp3) is 0.222. The average Bonchev–Trinajstić information content (AvgIpc) is 3.09. The molecule has 0 radical (unpaired) electrons. The summed E-state index contributed by atoms with van der Waals surface area (Å²) in [6.07, 6.45) is 0.189. The van der Waals surface area contributed by atoms with E-state index in [1.54, 1.807) is 17.0 Å². The van der Waals surface area contributed by atoms with Gasteiger partial charge in [0.05, 0.1) is 17.9 Å². The number of non-ortho nitro benzene ring substituents is 1. The second-order valence-electron chi connectivity index (χ2n) is 5.73. The highest BCUT2D eigenvalue weighted by Gasteiger charge is 2.24. The zero-order chi connectivity index (χ0) is 18.5. The Kier molecular flexibility index (Phi) is 5.90. The van der Waals surface area contributed by atoms with Gasteiger partial charge in [-0.3, -0.25) is 24.8 Å². The van der Waals surface area contributed by atoms with Gasteiger partial charge in [0.1, 0.15) is 0 Å². The summed E-state index contributed by atoms with van der Waals surface area (Å²) in [6.45, 7) is 1.15. The van der Waals surface area contributed by atoms with E-state index in [9.17, 15) is 14.9 Å². The van der Waals surface area contributed by atoms with Crippen molar-refractivity contribution >= 4 is 40.1 Å². The molecule has 2 aromatic carbocycles. The van der Waals surface area contributed by atoms with Crippen molar-refractivity contribution in [1.82, 2.24) is 4.90 Å². The normalized spacial score (nSPS) is 13.6. The van der Waals surface area contributed by atoms with Crippen molar-refractivity contribution in [3.8, 4) is 0 Å². The molecule has 1 amide bonds. The minimum atomic E-state index is -0.455. The first-order valence-electron chi connectivity index (χ1n) is 7.98. The van der Waals surface area contributed by atoms with Crippen LogP contribution in [0.5, 0.6) is 0 Å². The molecule has 6 nitrogen and oxygen atoms in total. The van der Waals surface area contributed by atoms with Crippen LogP contribution >= 0.6 is 23.4 Å². The lowest BCUT2D eigenvalue weighted by molar-refractivity contribution is -0.384. The number of thioether (sulfide) groups is 1. The summed E-state index contributed by atoms with van der Waals surface area (Å²) in [5.74, 6) is 0.620. The highest BCUT2D eigenvalue weighted by Crippen LogP contribution is 2.22. The predicted octanol–water partition coefficient (Wildman–Crippen LogP) is 3.92. The number of rotatable bonds is 5. The zero-order valence-corrected chi connectivity index (χ0v) is 15.4. The molecule has 3 rings (SSSR count). The van der Waals surface area contributed by atoms with Crippen molar-refractivity contribution in [2.24, 2.45) is 4.99 Å². The highest BCUT2D eigenvalue weighted by atomic mass is 35.5. The van der Waals surface area contributed by atoms with Crippen LogP contribution < -0.4 is 0 Å². The summed E-state index contributed by atoms with van der Waals surface area (Å²) in [5, 5.41) is 12.1. The van der Waals surface area contributed by atoms with E-state index < -0.39 is 4.92 Å². The van der Waals surface area contributed by atoms with Crippen molar-refractivity contribution in [1.29, 1.82) is 0 Å². The molecule has 0 unspecified atom stereocenters. The zero-order valence-electron chi connectivity index (χ0n) is 13.8. The van der Waals surface area contributed by atoms with Crippen molar-refractivity contribution in [2.45, 2.75) is 12.2 Å². The third kappa shape index (κ3) is 4.62. The third-order valence-electron chi connectivity index (χ3n) is 3.86. The first-order valence-corrected chi connectivity index (χ1v) is 9.34. The van der Waals surface area contributed by atoms with Crippen LogP contribution in [0.3, 0.4) is 0 Å². The minimum Gasteiger partial charge on any atom is -0.289 e. The van der Waals surface area contributed by atoms with E-state index in [4.69, 9.17) is 11.6 Å². The van der Waals surface area contributed by atoms with Gasteiger partial charge in [0.15, 0.2) is 5.17 Å². The number of benzene rings is 2. The number of hydrogen-bond donors (Lipinski definition) is 0. The lowest BCUT2D eigenvalue weighted by atomic mass is 10.1. The minimum absolute atomic E-state index is 0.0155. The molecule has 1 aliphatic heterocycles. The second kappa shape index (κ2) is 8.33. The lowest BCUT2D eigenvalue weighted by Crippen LogP contribution is -2.34. The van der Waals surface area contributed by atoms with Crippen LogP contribution in [0.1, 0.15) is 11.1 Å². The van der Waals surface area contributed by atoms with Gasteiger partial charge in [0.25, 0.3) is 5.69 Å². The van der Waals surface area contributed by atoms with E-state index in [2.05, 4.69) is 4.99 Å². The highest BCUT2D eigenvalue weighted by molar-refractivity contribution is 8.13. The second-order valence-corrected chi connectivity index (χ2v) is 7.11. The first-order chi connectivity index (χ1) is 12.5. The fourth-order valence-electron chi connectivity index (χ4n) is 2.56. The van der Waals surface area contributed by atoms with Crippen LogP contribution in [-0.2, 0) is 17.0 Å². The number of nitro groups is 1. The van der Waals surface area contributed by atoms with E-state index in [1.165, 1.54) is 23.9 Å². The number of carbonyl (C=O) groups is 1. The van der Waals surface area contributed by atoms with E-state index in [1.807, 2.05) is 24.3 Å². The van der Waals surface area contributed by atoms with Crippen molar-refractivity contribution in [3.63, 3.8) is 0 Å². The summed E-state index contributed by atoms with van der Waals surface area (Å²) in [6, 6.07) is 13.6. The largest absolute Gasteiger partial charge is 0.289 e. The van der Waals surface area contributed by atoms with Gasteiger partial charge in [0, 0.05) is 29.5 Å². The van der Waals surface area contributed by atoms with Gasteiger partial charge >= 0.3 is 0 Å². The van der Waals surface area contributed by atoms with Crippen molar-refractivity contribution in [3.05, 3.63) is 74.8 Å². The number of hydrogen-bond acceptors (Lipinski definition) is 5. The van der Waals surface area contributed by atoms with Gasteiger partial charge in [0.2, 0.25) is 5.91 Å². The van der Waals surface area contributed by atoms with Crippen LogP contribution in [0, 0.1) is 10.1 Å². The number of amides is 1. The Labute approximate surface area is 160 Å². The molecule has 1 aliphatic rings. The van der Waals surface area contributed by atoms with Gasteiger partial charge in [-0.15, -0.1) is 0 Å². The molecule has 0 spiro atoms. The van der Waals surface area contributed by atoms with E-state index in [-0.39, 0.29) is 18.0 Å². The number of carbonyl (C=O) groups excluding carboxylic acids is 1. The lowest BCUT2D eigenvalue weighted by Gasteiger charge is -2.18. The van der Waals surface area contributed by atoms with E-state index in [0.29, 0.717) is 29.0 Å². The molecule has 0 saturated heterocycles. The molecule has 0 N–H and O–H groups in total. The third-order valence-corrected chi connectivity index (χ3v) is 5.18. The summed E-state index contributed by atoms with van der Waals surface area (Å²) < 4.78 is 0. The molecule has 0 aromatic heterocycles. The van der Waals surface area contributed by atoms with Crippen LogP contribution in [0.25, 0.3) is 0 Å². The molecule has 0 aliphatic carbocycles. The van der Waals surface area contributed by atoms with Crippen molar-refractivity contribution in [2.75, 3.05) is 13.1 Å². The molecule has 1 heterocycles. The van der Waals surface area contributed by atoms with Gasteiger partial charge in [-0.05, 0) is 23.3 Å². The average molecular weight is 390 g/mol. The number of amidine groups is 1. The maximum Gasteiger partial charge on any atom is 0.269 e. The van der Waals surface area contributed by atoms with E-state index >= 15 is 0 Å². The molecule has 2 aromatic rings. The Balaban J connectivity index is 1.60. The molecule has 0 fully saturated rings. The molecule has 26 heavy (non-hydrogen) atoms. The quantitative estimate of drug-likeness (QED) is 0.573. The summed E-state index contributed by atoms with van der Waals surface area (Å²) in [7, 11) is 0. The maximum absolute atomic E-state index is 12.6. The molecular weight excluding hydrogens is 374 g/mol. The van der Waals surface area contributed by atoms with Gasteiger partial charge in [-0.1, -0.05) is 47.6 Å². The van der Waals surface area contributed by atoms with Crippen LogP contribution in [-0.4, -0.2) is 34.0 Å². The van der Waals surface area contributed by atoms with Crippen molar-refractivity contribution < 1.29 is 9.72 Å². The molecule has 0 saturated carbocycles. The summed E-state index contributed by atoms with van der Waals surface area (Å²) in [5.41, 5.74) is 1.83. The Morgan fingerprint density at radius 1 is 1.23 bits per heavy atom. The Morgan fingerprint density at radius 3 is 2.69 bits per heavy atom. The van der Waals surface area contributed by atoms with Crippen LogP contribution in [0.15, 0.2) is 53.5 Å². The topological polar surface area (TPSA) is 75.8 Å². The molecule has 0 bridgehead atoms. The monoisotopic (exact) mass is 389 g/mol. The number of aliphatic imine (C=N–C) groups is 1. The van der Waals surface area contributed by atoms with Crippen LogP contribution in [0.2, 0.25) is 5.02 Å². The first kappa shape index (κ1) is 18.4. The summed E-state index contributed by atoms with van der Waals surface area (Å²) in [4.78, 5) is 28.9. The molecule has 134 valence electrons. The Morgan fingerprint density at radius 2 is 2.00 bits per heavy atom. The van der Waals surface area contributed by atoms with Gasteiger partial charge < -0.3 is 0 Å². The smallest absolute Gasteiger partial charge is 0.269 e. The number of halogens is 1. The predicted molar refractivity (Wildman–Crippen MR) is 104 cm³/mol. The molecular formula is C18H16ClN3O3S. The van der Waals surface area contributed by atoms with Crippen LogP contribution in [0.4, 0.5) is 5.69 Å². The Hall–Kier alpha value is -2.38. The SMILES string of the molecule is O=C(Cc1ccc([N+](=O)[O-])cc1)N1CCN=C1SCc1cccc(Cl)c1. The fourth-order valence-corrected chi connectivity index (χ4v) is 3.78. The standard InChI is InChI=1S/C18H16ClN3O3S/c19-15-3-1-2-14(10-15)12-26-18-20-8-9-21(18)17(23)11-13-4-6-16(7-5-13)22(24)25/h1-7,10H,8-9,11-12H2. The van der Waals surface area contributed by atoms with Gasteiger partial charge in [-0.25, -0.2) is 0 Å². The molecule has 8 heteroatoms. The summed E-state index contributed by atoms with van der Waals surface area (Å²) >= 11 is 7.50. The Bertz CT molecular complexity index is 855.